The van der Waals surface area contributed by atoms with E-state index in [1.54, 1.807) is 23.2 Å². The Morgan fingerprint density at radius 3 is 2.30 bits per heavy atom. The van der Waals surface area contributed by atoms with E-state index in [2.05, 4.69) is 0 Å². The summed E-state index contributed by atoms with van der Waals surface area (Å²) in [4.78, 5) is 40.7. The SMILES string of the molecule is CC(C)C(=O)N1CCCN(C(=O)Cc2ccc3c(c2)n(C)c(=O)n3C)CC1. The predicted molar refractivity (Wildman–Crippen MR) is 104 cm³/mol. The number of nitrogens with zero attached hydrogens (tertiary/aromatic N) is 4. The molecule has 2 aromatic rings. The van der Waals surface area contributed by atoms with Crippen LogP contribution >= 0.6 is 0 Å². The van der Waals surface area contributed by atoms with Gasteiger partial charge in [0.1, 0.15) is 0 Å². The number of hydrogen-bond donors (Lipinski definition) is 0. The Labute approximate surface area is 159 Å². The summed E-state index contributed by atoms with van der Waals surface area (Å²) in [5.41, 5.74) is 2.51. The Morgan fingerprint density at radius 2 is 1.59 bits per heavy atom. The van der Waals surface area contributed by atoms with Crippen molar-refractivity contribution in [3.8, 4) is 0 Å². The maximum absolute atomic E-state index is 12.8. The number of amides is 2. The van der Waals surface area contributed by atoms with Crippen molar-refractivity contribution in [1.82, 2.24) is 18.9 Å². The zero-order chi connectivity index (χ0) is 19.7. The first-order chi connectivity index (χ1) is 12.8. The summed E-state index contributed by atoms with van der Waals surface area (Å²) < 4.78 is 3.21. The van der Waals surface area contributed by atoms with Crippen molar-refractivity contribution in [1.29, 1.82) is 0 Å². The molecule has 1 saturated heterocycles. The Hall–Kier alpha value is -2.57. The quantitative estimate of drug-likeness (QED) is 0.811. The van der Waals surface area contributed by atoms with Crippen molar-refractivity contribution >= 4 is 22.8 Å². The summed E-state index contributed by atoms with van der Waals surface area (Å²) in [5.74, 6) is 0.199. The molecular formula is C20H28N4O3. The highest BCUT2D eigenvalue weighted by Gasteiger charge is 2.23. The molecule has 2 heterocycles. The van der Waals surface area contributed by atoms with Crippen LogP contribution in [0.1, 0.15) is 25.8 Å². The highest BCUT2D eigenvalue weighted by atomic mass is 16.2. The first kappa shape index (κ1) is 19.2. The lowest BCUT2D eigenvalue weighted by Crippen LogP contribution is -2.39. The first-order valence-corrected chi connectivity index (χ1v) is 9.50. The van der Waals surface area contributed by atoms with E-state index in [0.29, 0.717) is 32.6 Å². The molecule has 0 atom stereocenters. The minimum absolute atomic E-state index is 0.0171. The van der Waals surface area contributed by atoms with Crippen molar-refractivity contribution in [3.05, 3.63) is 34.2 Å². The summed E-state index contributed by atoms with van der Waals surface area (Å²) in [7, 11) is 3.49. The molecule has 27 heavy (non-hydrogen) atoms. The van der Waals surface area contributed by atoms with Gasteiger partial charge < -0.3 is 9.80 Å². The molecule has 0 spiro atoms. The van der Waals surface area contributed by atoms with Crippen LogP contribution in [-0.2, 0) is 30.1 Å². The third-order valence-corrected chi connectivity index (χ3v) is 5.35. The maximum Gasteiger partial charge on any atom is 0.328 e. The van der Waals surface area contributed by atoms with E-state index < -0.39 is 0 Å². The van der Waals surface area contributed by atoms with Gasteiger partial charge in [0.25, 0.3) is 0 Å². The second-order valence-electron chi connectivity index (χ2n) is 7.61. The number of benzene rings is 1. The molecule has 2 amide bonds. The standard InChI is InChI=1S/C20H28N4O3/c1-14(2)19(26)24-9-5-8-23(10-11-24)18(25)13-15-6-7-16-17(12-15)22(4)20(27)21(16)3/h6-7,12,14H,5,8-11,13H2,1-4H3. The predicted octanol–water partition coefficient (Wildman–Crippen LogP) is 1.14. The Kier molecular flexibility index (Phi) is 5.39. The van der Waals surface area contributed by atoms with E-state index in [1.165, 1.54) is 0 Å². The molecule has 3 rings (SSSR count). The first-order valence-electron chi connectivity index (χ1n) is 9.50. The van der Waals surface area contributed by atoms with Crippen LogP contribution in [0.4, 0.5) is 0 Å². The molecule has 1 aliphatic heterocycles. The average molecular weight is 372 g/mol. The van der Waals surface area contributed by atoms with Crippen LogP contribution in [-0.4, -0.2) is 56.9 Å². The van der Waals surface area contributed by atoms with Gasteiger partial charge in [-0.3, -0.25) is 18.7 Å². The fraction of sp³-hybridized carbons (Fsp3) is 0.550. The molecule has 146 valence electrons. The minimum Gasteiger partial charge on any atom is -0.341 e. The van der Waals surface area contributed by atoms with Gasteiger partial charge in [-0.05, 0) is 24.1 Å². The summed E-state index contributed by atoms with van der Waals surface area (Å²) >= 11 is 0. The summed E-state index contributed by atoms with van der Waals surface area (Å²) in [6.07, 6.45) is 1.10. The molecule has 1 aromatic heterocycles. The molecular weight excluding hydrogens is 344 g/mol. The molecule has 0 aliphatic carbocycles. The van der Waals surface area contributed by atoms with E-state index in [0.717, 1.165) is 23.0 Å². The van der Waals surface area contributed by atoms with E-state index in [9.17, 15) is 14.4 Å². The lowest BCUT2D eigenvalue weighted by atomic mass is 10.1. The van der Waals surface area contributed by atoms with E-state index in [1.807, 2.05) is 41.8 Å². The molecule has 1 aromatic carbocycles. The highest BCUT2D eigenvalue weighted by Crippen LogP contribution is 2.16. The number of aryl methyl sites for hydroxylation is 2. The fourth-order valence-electron chi connectivity index (χ4n) is 3.70. The molecule has 7 nitrogen and oxygen atoms in total. The monoisotopic (exact) mass is 372 g/mol. The zero-order valence-corrected chi connectivity index (χ0v) is 16.6. The van der Waals surface area contributed by atoms with E-state index in [-0.39, 0.29) is 23.4 Å². The van der Waals surface area contributed by atoms with Crippen LogP contribution in [0.5, 0.6) is 0 Å². The van der Waals surface area contributed by atoms with Gasteiger partial charge in [0.15, 0.2) is 0 Å². The van der Waals surface area contributed by atoms with Gasteiger partial charge in [0, 0.05) is 46.2 Å². The van der Waals surface area contributed by atoms with Gasteiger partial charge in [0.2, 0.25) is 11.8 Å². The van der Waals surface area contributed by atoms with Crippen LogP contribution < -0.4 is 5.69 Å². The van der Waals surface area contributed by atoms with Gasteiger partial charge in [-0.25, -0.2) is 4.79 Å². The van der Waals surface area contributed by atoms with Crippen molar-refractivity contribution < 1.29 is 9.59 Å². The number of imidazole rings is 1. The van der Waals surface area contributed by atoms with Crippen LogP contribution in [0.3, 0.4) is 0 Å². The third-order valence-electron chi connectivity index (χ3n) is 5.35. The average Bonchev–Trinajstić information content (AvgIpc) is 2.84. The number of carbonyl (C=O) groups excluding carboxylic acids is 2. The molecule has 0 N–H and O–H groups in total. The van der Waals surface area contributed by atoms with Crippen molar-refractivity contribution in [2.75, 3.05) is 26.2 Å². The molecule has 1 fully saturated rings. The molecule has 0 bridgehead atoms. The molecule has 0 unspecified atom stereocenters. The number of rotatable bonds is 3. The van der Waals surface area contributed by atoms with E-state index >= 15 is 0 Å². The topological polar surface area (TPSA) is 67.6 Å². The number of aromatic nitrogens is 2. The van der Waals surface area contributed by atoms with Crippen LogP contribution in [0.25, 0.3) is 11.0 Å². The molecule has 0 radical (unpaired) electrons. The second kappa shape index (κ2) is 7.58. The summed E-state index contributed by atoms with van der Waals surface area (Å²) in [5, 5.41) is 0. The van der Waals surface area contributed by atoms with Crippen molar-refractivity contribution in [3.63, 3.8) is 0 Å². The maximum atomic E-state index is 12.8. The molecule has 1 aliphatic rings. The Morgan fingerprint density at radius 1 is 0.963 bits per heavy atom. The summed E-state index contributed by atoms with van der Waals surface area (Å²) in [6.45, 7) is 6.36. The van der Waals surface area contributed by atoms with Crippen LogP contribution in [0.15, 0.2) is 23.0 Å². The second-order valence-corrected chi connectivity index (χ2v) is 7.61. The third kappa shape index (κ3) is 3.77. The number of hydrogen-bond acceptors (Lipinski definition) is 3. The molecule has 0 saturated carbocycles. The Balaban J connectivity index is 1.70. The number of fused-ring (bicyclic) bond motifs is 1. The molecule has 7 heteroatoms. The zero-order valence-electron chi connectivity index (χ0n) is 16.6. The van der Waals surface area contributed by atoms with E-state index in [4.69, 9.17) is 0 Å². The highest BCUT2D eigenvalue weighted by molar-refractivity contribution is 5.82. The van der Waals surface area contributed by atoms with Crippen molar-refractivity contribution in [2.24, 2.45) is 20.0 Å². The Bertz CT molecular complexity index is 925. The lowest BCUT2D eigenvalue weighted by molar-refractivity contribution is -0.135. The van der Waals surface area contributed by atoms with Crippen LogP contribution in [0.2, 0.25) is 0 Å². The summed E-state index contributed by atoms with van der Waals surface area (Å²) in [6, 6.07) is 5.72. The fourth-order valence-corrected chi connectivity index (χ4v) is 3.70. The van der Waals surface area contributed by atoms with Crippen molar-refractivity contribution in [2.45, 2.75) is 26.7 Å². The normalized spacial score (nSPS) is 15.4. The lowest BCUT2D eigenvalue weighted by Gasteiger charge is -2.23. The smallest absolute Gasteiger partial charge is 0.328 e. The van der Waals surface area contributed by atoms with Gasteiger partial charge in [-0.1, -0.05) is 19.9 Å². The van der Waals surface area contributed by atoms with Gasteiger partial charge in [-0.15, -0.1) is 0 Å². The van der Waals surface area contributed by atoms with Gasteiger partial charge >= 0.3 is 5.69 Å². The number of carbonyl (C=O) groups is 2. The van der Waals surface area contributed by atoms with Gasteiger partial charge in [0.05, 0.1) is 17.5 Å². The largest absolute Gasteiger partial charge is 0.341 e. The van der Waals surface area contributed by atoms with Crippen LogP contribution in [0, 0.1) is 5.92 Å². The van der Waals surface area contributed by atoms with Gasteiger partial charge in [-0.2, -0.15) is 0 Å². The minimum atomic E-state index is -0.0732.